The maximum absolute atomic E-state index is 13.0. The third kappa shape index (κ3) is 3.97. The van der Waals surface area contributed by atoms with E-state index in [1.165, 1.54) is 33.6 Å². The second-order valence-corrected chi connectivity index (χ2v) is 9.29. The molecule has 160 valence electrons. The molecular weight excluding hydrogens is 416 g/mol. The van der Waals surface area contributed by atoms with Gasteiger partial charge in [-0.05, 0) is 18.9 Å². The van der Waals surface area contributed by atoms with Gasteiger partial charge in [0.1, 0.15) is 17.2 Å². The second kappa shape index (κ2) is 7.84. The first kappa shape index (κ1) is 20.5. The van der Waals surface area contributed by atoms with E-state index in [1.54, 1.807) is 19.3 Å². The van der Waals surface area contributed by atoms with Gasteiger partial charge in [-0.2, -0.15) is 0 Å². The molecule has 4 rings (SSSR count). The second-order valence-electron chi connectivity index (χ2n) is 7.24. The van der Waals surface area contributed by atoms with Crippen LogP contribution in [0.4, 0.5) is 14.6 Å². The molecule has 0 saturated carbocycles. The molecule has 9 nitrogen and oxygen atoms in total. The summed E-state index contributed by atoms with van der Waals surface area (Å²) in [7, 11) is -1.71. The topological polar surface area (TPSA) is 96.6 Å². The van der Waals surface area contributed by atoms with E-state index in [9.17, 15) is 17.2 Å². The van der Waals surface area contributed by atoms with Crippen LogP contribution >= 0.6 is 0 Å². The van der Waals surface area contributed by atoms with E-state index in [1.807, 2.05) is 4.90 Å². The van der Waals surface area contributed by atoms with Crippen LogP contribution in [0.5, 0.6) is 0 Å². The van der Waals surface area contributed by atoms with Crippen molar-refractivity contribution in [2.45, 2.75) is 25.3 Å². The van der Waals surface area contributed by atoms with Crippen LogP contribution in [0.3, 0.4) is 0 Å². The van der Waals surface area contributed by atoms with Crippen molar-refractivity contribution >= 4 is 21.5 Å². The molecule has 0 N–H and O–H groups in total. The van der Waals surface area contributed by atoms with Crippen LogP contribution in [0.1, 0.15) is 25.0 Å². The van der Waals surface area contributed by atoms with Crippen LogP contribution in [0.15, 0.2) is 30.9 Å². The molecule has 0 amide bonds. The number of aromatic nitrogens is 5. The Morgan fingerprint density at radius 2 is 2.03 bits per heavy atom. The highest BCUT2D eigenvalue weighted by atomic mass is 32.2. The number of anilines is 1. The molecule has 1 fully saturated rings. The number of fused-ring (bicyclic) bond motifs is 1. The van der Waals surface area contributed by atoms with E-state index in [4.69, 9.17) is 0 Å². The summed E-state index contributed by atoms with van der Waals surface area (Å²) in [4.78, 5) is 18.8. The number of rotatable bonds is 5. The minimum absolute atomic E-state index is 0.150. The third-order valence-corrected chi connectivity index (χ3v) is 6.61. The van der Waals surface area contributed by atoms with Crippen molar-refractivity contribution in [3.05, 3.63) is 36.5 Å². The SMILES string of the molecule is CN(C1CCCN(c2ccnc(-c3cnc4cnc(C(F)F)cn34)n2)C1)S(C)(=O)=O. The first-order chi connectivity index (χ1) is 14.2. The fourth-order valence-electron chi connectivity index (χ4n) is 3.56. The molecule has 1 aliphatic rings. The molecule has 0 aliphatic carbocycles. The van der Waals surface area contributed by atoms with Gasteiger partial charge in [-0.25, -0.2) is 41.4 Å². The van der Waals surface area contributed by atoms with Crippen molar-refractivity contribution in [2.75, 3.05) is 31.3 Å². The quantitative estimate of drug-likeness (QED) is 0.602. The molecule has 4 heterocycles. The molecule has 3 aromatic rings. The molecule has 1 atom stereocenters. The van der Waals surface area contributed by atoms with Gasteiger partial charge in [0.05, 0.1) is 18.6 Å². The molecule has 1 aliphatic heterocycles. The summed E-state index contributed by atoms with van der Waals surface area (Å²) >= 11 is 0. The van der Waals surface area contributed by atoms with Crippen molar-refractivity contribution < 1.29 is 17.2 Å². The number of halogens is 2. The van der Waals surface area contributed by atoms with Crippen LogP contribution < -0.4 is 4.90 Å². The first-order valence-electron chi connectivity index (χ1n) is 9.36. The minimum Gasteiger partial charge on any atom is -0.355 e. The highest BCUT2D eigenvalue weighted by Crippen LogP contribution is 2.25. The number of likely N-dealkylation sites (N-methyl/N-ethyl adjacent to an activating group) is 1. The first-order valence-corrected chi connectivity index (χ1v) is 11.2. The van der Waals surface area contributed by atoms with Crippen LogP contribution in [0.25, 0.3) is 17.2 Å². The minimum atomic E-state index is -3.29. The van der Waals surface area contributed by atoms with Gasteiger partial charge in [-0.3, -0.25) is 4.40 Å². The predicted octanol–water partition coefficient (Wildman–Crippen LogP) is 1.98. The zero-order valence-electron chi connectivity index (χ0n) is 16.5. The van der Waals surface area contributed by atoms with Gasteiger partial charge in [0, 0.05) is 38.6 Å². The van der Waals surface area contributed by atoms with Crippen molar-refractivity contribution in [1.29, 1.82) is 0 Å². The molecule has 0 spiro atoms. The largest absolute Gasteiger partial charge is 0.355 e. The Bertz CT molecular complexity index is 1170. The number of hydrogen-bond donors (Lipinski definition) is 0. The maximum Gasteiger partial charge on any atom is 0.281 e. The summed E-state index contributed by atoms with van der Waals surface area (Å²) < 4.78 is 52.8. The summed E-state index contributed by atoms with van der Waals surface area (Å²) in [5.41, 5.74) is 0.523. The molecular formula is C18H21F2N7O2S. The van der Waals surface area contributed by atoms with E-state index in [2.05, 4.69) is 19.9 Å². The lowest BCUT2D eigenvalue weighted by Gasteiger charge is -2.37. The van der Waals surface area contributed by atoms with Gasteiger partial charge in [0.2, 0.25) is 10.0 Å². The molecule has 30 heavy (non-hydrogen) atoms. The summed E-state index contributed by atoms with van der Waals surface area (Å²) in [5, 5.41) is 0. The van der Waals surface area contributed by atoms with E-state index >= 15 is 0 Å². The van der Waals surface area contributed by atoms with Crippen molar-refractivity contribution in [2.24, 2.45) is 0 Å². The lowest BCUT2D eigenvalue weighted by Crippen LogP contribution is -2.48. The van der Waals surface area contributed by atoms with E-state index in [0.717, 1.165) is 19.4 Å². The Balaban J connectivity index is 1.65. The molecule has 1 saturated heterocycles. The van der Waals surface area contributed by atoms with E-state index in [0.29, 0.717) is 29.5 Å². The van der Waals surface area contributed by atoms with E-state index < -0.39 is 16.4 Å². The number of nitrogens with zero attached hydrogens (tertiary/aromatic N) is 7. The lowest BCUT2D eigenvalue weighted by molar-refractivity contribution is 0.145. The fraction of sp³-hybridized carbons (Fsp3) is 0.444. The Morgan fingerprint density at radius 3 is 2.77 bits per heavy atom. The summed E-state index contributed by atoms with van der Waals surface area (Å²) in [5.74, 6) is 0.981. The number of hydrogen-bond acceptors (Lipinski definition) is 7. The highest BCUT2D eigenvalue weighted by Gasteiger charge is 2.28. The zero-order valence-corrected chi connectivity index (χ0v) is 17.3. The number of piperidine rings is 1. The van der Waals surface area contributed by atoms with Crippen LogP contribution in [0, 0.1) is 0 Å². The molecule has 3 aromatic heterocycles. The van der Waals surface area contributed by atoms with Gasteiger partial charge in [0.25, 0.3) is 6.43 Å². The average Bonchev–Trinajstić information content (AvgIpc) is 3.16. The van der Waals surface area contributed by atoms with Gasteiger partial charge < -0.3 is 4.90 Å². The monoisotopic (exact) mass is 437 g/mol. The zero-order chi connectivity index (χ0) is 21.5. The number of alkyl halides is 2. The Kier molecular flexibility index (Phi) is 5.36. The summed E-state index contributed by atoms with van der Waals surface area (Å²) in [6.45, 7) is 1.24. The van der Waals surface area contributed by atoms with Crippen molar-refractivity contribution in [3.8, 4) is 11.5 Å². The molecule has 12 heteroatoms. The summed E-state index contributed by atoms with van der Waals surface area (Å²) in [6, 6.07) is 1.60. The predicted molar refractivity (Wildman–Crippen MR) is 107 cm³/mol. The van der Waals surface area contributed by atoms with Gasteiger partial charge in [-0.15, -0.1) is 0 Å². The van der Waals surface area contributed by atoms with Crippen LogP contribution in [0.2, 0.25) is 0 Å². The molecule has 0 aromatic carbocycles. The fourth-order valence-corrected chi connectivity index (χ4v) is 4.28. The lowest BCUT2D eigenvalue weighted by atomic mass is 10.1. The van der Waals surface area contributed by atoms with Gasteiger partial charge in [-0.1, -0.05) is 0 Å². The van der Waals surface area contributed by atoms with Gasteiger partial charge >= 0.3 is 0 Å². The Labute approximate surface area is 172 Å². The molecule has 0 radical (unpaired) electrons. The van der Waals surface area contributed by atoms with Crippen LogP contribution in [-0.4, -0.2) is 69.5 Å². The molecule has 0 bridgehead atoms. The standard InChI is InChI=1S/C18H21F2N7O2S/c1-25(30(2,28)29)12-4-3-7-26(10-12)15-5-6-21-18(24-15)14-8-23-16-9-22-13(17(19)20)11-27(14)16/h5-6,8-9,11-12,17H,3-4,7,10H2,1-2H3. The van der Waals surface area contributed by atoms with Crippen LogP contribution in [-0.2, 0) is 10.0 Å². The molecule has 1 unspecified atom stereocenters. The van der Waals surface area contributed by atoms with Crippen molar-refractivity contribution in [1.82, 2.24) is 28.6 Å². The normalized spacial score (nSPS) is 17.9. The summed E-state index contributed by atoms with van der Waals surface area (Å²) in [6.07, 6.45) is 5.72. The maximum atomic E-state index is 13.0. The third-order valence-electron chi connectivity index (χ3n) is 5.27. The number of imidazole rings is 1. The average molecular weight is 437 g/mol. The highest BCUT2D eigenvalue weighted by molar-refractivity contribution is 7.88. The number of sulfonamides is 1. The van der Waals surface area contributed by atoms with E-state index in [-0.39, 0.29) is 11.7 Å². The Hall–Kier alpha value is -2.73. The van der Waals surface area contributed by atoms with Gasteiger partial charge in [0.15, 0.2) is 11.5 Å². The van der Waals surface area contributed by atoms with Crippen molar-refractivity contribution in [3.63, 3.8) is 0 Å². The smallest absolute Gasteiger partial charge is 0.281 e. The Morgan fingerprint density at radius 1 is 1.23 bits per heavy atom.